The highest BCUT2D eigenvalue weighted by atomic mass is 16.5. The standard InChI is InChI=1S/C25H32N4O3/c1-17-21(15-24(31)28-11-6-7-12-28)18(2)27-25(26-17)20-10-13-29(16-20)23(30)14-19-8-4-5-9-22(19)32-3/h4-5,8-9,20H,6-7,10-16H2,1-3H3. The molecule has 2 aliphatic heterocycles. The lowest BCUT2D eigenvalue weighted by atomic mass is 10.0. The van der Waals surface area contributed by atoms with Gasteiger partial charge in [0.2, 0.25) is 11.8 Å². The predicted molar refractivity (Wildman–Crippen MR) is 122 cm³/mol. The molecule has 7 nitrogen and oxygen atoms in total. The minimum Gasteiger partial charge on any atom is -0.496 e. The normalized spacial score (nSPS) is 18.3. The van der Waals surface area contributed by atoms with Crippen LogP contribution >= 0.6 is 0 Å². The number of hydrogen-bond donors (Lipinski definition) is 0. The van der Waals surface area contributed by atoms with E-state index in [9.17, 15) is 9.59 Å². The molecule has 2 aliphatic rings. The molecule has 7 heteroatoms. The molecule has 32 heavy (non-hydrogen) atoms. The number of carbonyl (C=O) groups excluding carboxylic acids is 2. The minimum atomic E-state index is 0.0956. The molecule has 2 fully saturated rings. The van der Waals surface area contributed by atoms with Gasteiger partial charge >= 0.3 is 0 Å². The van der Waals surface area contributed by atoms with Crippen molar-refractivity contribution in [3.05, 3.63) is 52.6 Å². The predicted octanol–water partition coefficient (Wildman–Crippen LogP) is 2.83. The second kappa shape index (κ2) is 9.67. The van der Waals surface area contributed by atoms with Crippen molar-refractivity contribution in [2.45, 2.75) is 51.9 Å². The second-order valence-corrected chi connectivity index (χ2v) is 8.81. The lowest BCUT2D eigenvalue weighted by Gasteiger charge is -2.19. The number of ether oxygens (including phenoxy) is 1. The van der Waals surface area contributed by atoms with Crippen LogP contribution in [0.2, 0.25) is 0 Å². The molecule has 3 heterocycles. The Kier molecular flexibility index (Phi) is 6.72. The molecule has 0 radical (unpaired) electrons. The van der Waals surface area contributed by atoms with Crippen molar-refractivity contribution in [3.63, 3.8) is 0 Å². The van der Waals surface area contributed by atoms with Gasteiger partial charge in [0.1, 0.15) is 11.6 Å². The summed E-state index contributed by atoms with van der Waals surface area (Å²) in [5, 5.41) is 0. The van der Waals surface area contributed by atoms with Gasteiger partial charge in [-0.2, -0.15) is 0 Å². The summed E-state index contributed by atoms with van der Waals surface area (Å²) in [6, 6.07) is 7.64. The van der Waals surface area contributed by atoms with E-state index in [0.29, 0.717) is 25.9 Å². The van der Waals surface area contributed by atoms with E-state index in [4.69, 9.17) is 14.7 Å². The first-order valence-electron chi connectivity index (χ1n) is 11.5. The Balaban J connectivity index is 1.41. The molecule has 2 saturated heterocycles. The highest BCUT2D eigenvalue weighted by Crippen LogP contribution is 2.28. The van der Waals surface area contributed by atoms with Crippen LogP contribution in [0.4, 0.5) is 0 Å². The Morgan fingerprint density at radius 3 is 2.31 bits per heavy atom. The van der Waals surface area contributed by atoms with Crippen LogP contribution in [0.5, 0.6) is 5.75 Å². The van der Waals surface area contributed by atoms with E-state index in [2.05, 4.69) is 0 Å². The fourth-order valence-electron chi connectivity index (χ4n) is 4.75. The maximum atomic E-state index is 12.9. The highest BCUT2D eigenvalue weighted by Gasteiger charge is 2.30. The van der Waals surface area contributed by atoms with Gasteiger partial charge in [0, 0.05) is 54.6 Å². The van der Waals surface area contributed by atoms with Crippen LogP contribution in [-0.2, 0) is 22.4 Å². The quantitative estimate of drug-likeness (QED) is 0.696. The van der Waals surface area contributed by atoms with Crippen molar-refractivity contribution in [2.75, 3.05) is 33.3 Å². The number of amides is 2. The fraction of sp³-hybridized carbons (Fsp3) is 0.520. The van der Waals surface area contributed by atoms with E-state index < -0.39 is 0 Å². The summed E-state index contributed by atoms with van der Waals surface area (Å²) < 4.78 is 5.38. The van der Waals surface area contributed by atoms with Gasteiger partial charge in [0.15, 0.2) is 0 Å². The van der Waals surface area contributed by atoms with Crippen molar-refractivity contribution in [1.82, 2.24) is 19.8 Å². The Bertz CT molecular complexity index is 977. The van der Waals surface area contributed by atoms with E-state index in [-0.39, 0.29) is 17.7 Å². The van der Waals surface area contributed by atoms with Crippen LogP contribution in [0.25, 0.3) is 0 Å². The summed E-state index contributed by atoms with van der Waals surface area (Å²) in [4.78, 5) is 38.8. The number of aryl methyl sites for hydroxylation is 2. The number of para-hydroxylation sites is 1. The minimum absolute atomic E-state index is 0.0956. The van der Waals surface area contributed by atoms with E-state index in [1.54, 1.807) is 7.11 Å². The molecule has 1 aromatic heterocycles. The van der Waals surface area contributed by atoms with Crippen molar-refractivity contribution in [2.24, 2.45) is 0 Å². The van der Waals surface area contributed by atoms with Crippen molar-refractivity contribution in [3.8, 4) is 5.75 Å². The lowest BCUT2D eigenvalue weighted by Crippen LogP contribution is -2.30. The molecule has 4 rings (SSSR count). The lowest BCUT2D eigenvalue weighted by molar-refractivity contribution is -0.130. The summed E-state index contributed by atoms with van der Waals surface area (Å²) in [7, 11) is 1.62. The molecule has 0 spiro atoms. The number of rotatable bonds is 6. The number of likely N-dealkylation sites (tertiary alicyclic amines) is 2. The molecule has 2 amide bonds. The molecular weight excluding hydrogens is 404 g/mol. The van der Waals surface area contributed by atoms with E-state index in [1.807, 2.05) is 47.9 Å². The molecule has 2 aromatic rings. The maximum absolute atomic E-state index is 12.9. The molecule has 0 saturated carbocycles. The van der Waals surface area contributed by atoms with Crippen LogP contribution < -0.4 is 4.74 Å². The molecule has 0 N–H and O–H groups in total. The third-order valence-electron chi connectivity index (χ3n) is 6.67. The molecule has 170 valence electrons. The van der Waals surface area contributed by atoms with Crippen LogP contribution in [-0.4, -0.2) is 64.9 Å². The second-order valence-electron chi connectivity index (χ2n) is 8.81. The van der Waals surface area contributed by atoms with Gasteiger partial charge in [-0.05, 0) is 39.2 Å². The summed E-state index contributed by atoms with van der Waals surface area (Å²) in [6.07, 6.45) is 3.72. The molecular formula is C25H32N4O3. The first-order chi connectivity index (χ1) is 15.5. The Labute approximate surface area is 189 Å². The van der Waals surface area contributed by atoms with Crippen molar-refractivity contribution >= 4 is 11.8 Å². The van der Waals surface area contributed by atoms with Crippen molar-refractivity contribution < 1.29 is 14.3 Å². The van der Waals surface area contributed by atoms with Gasteiger partial charge in [-0.25, -0.2) is 9.97 Å². The van der Waals surface area contributed by atoms with Gasteiger partial charge in [-0.15, -0.1) is 0 Å². The van der Waals surface area contributed by atoms with Gasteiger partial charge in [-0.3, -0.25) is 9.59 Å². The number of methoxy groups -OCH3 is 1. The number of benzene rings is 1. The molecule has 0 aliphatic carbocycles. The molecule has 1 atom stereocenters. The first-order valence-corrected chi connectivity index (χ1v) is 11.5. The van der Waals surface area contributed by atoms with Crippen LogP contribution in [0.1, 0.15) is 53.5 Å². The zero-order valence-electron chi connectivity index (χ0n) is 19.3. The van der Waals surface area contributed by atoms with Crippen molar-refractivity contribution in [1.29, 1.82) is 0 Å². The zero-order chi connectivity index (χ0) is 22.7. The van der Waals surface area contributed by atoms with Gasteiger partial charge in [0.05, 0.1) is 20.0 Å². The number of hydrogen-bond acceptors (Lipinski definition) is 5. The summed E-state index contributed by atoms with van der Waals surface area (Å²) >= 11 is 0. The van der Waals surface area contributed by atoms with E-state index in [1.165, 1.54) is 0 Å². The fourth-order valence-corrected chi connectivity index (χ4v) is 4.75. The number of nitrogens with zero attached hydrogens (tertiary/aromatic N) is 4. The Hall–Kier alpha value is -2.96. The Morgan fingerprint density at radius 1 is 0.969 bits per heavy atom. The average Bonchev–Trinajstić information content (AvgIpc) is 3.49. The maximum Gasteiger partial charge on any atom is 0.227 e. The van der Waals surface area contributed by atoms with Gasteiger partial charge in [-0.1, -0.05) is 18.2 Å². The largest absolute Gasteiger partial charge is 0.496 e. The molecule has 1 unspecified atom stereocenters. The van der Waals surface area contributed by atoms with E-state index in [0.717, 1.165) is 66.4 Å². The third kappa shape index (κ3) is 4.76. The van der Waals surface area contributed by atoms with Gasteiger partial charge in [0.25, 0.3) is 0 Å². The summed E-state index contributed by atoms with van der Waals surface area (Å²) in [5.41, 5.74) is 3.59. The highest BCUT2D eigenvalue weighted by molar-refractivity contribution is 5.80. The SMILES string of the molecule is COc1ccccc1CC(=O)N1CCC(c2nc(C)c(CC(=O)N3CCCC3)c(C)n2)C1. The smallest absolute Gasteiger partial charge is 0.227 e. The molecule has 1 aromatic carbocycles. The molecule has 0 bridgehead atoms. The average molecular weight is 437 g/mol. The summed E-state index contributed by atoms with van der Waals surface area (Å²) in [6.45, 7) is 6.97. The first kappa shape index (κ1) is 22.2. The Morgan fingerprint density at radius 2 is 1.62 bits per heavy atom. The van der Waals surface area contributed by atoms with Crippen LogP contribution in [0, 0.1) is 13.8 Å². The van der Waals surface area contributed by atoms with E-state index >= 15 is 0 Å². The topological polar surface area (TPSA) is 75.6 Å². The van der Waals surface area contributed by atoms with Crippen LogP contribution in [0.3, 0.4) is 0 Å². The number of carbonyl (C=O) groups is 2. The summed E-state index contributed by atoms with van der Waals surface area (Å²) in [5.74, 6) is 1.91. The third-order valence-corrected chi connectivity index (χ3v) is 6.67. The monoisotopic (exact) mass is 436 g/mol. The van der Waals surface area contributed by atoms with Crippen LogP contribution in [0.15, 0.2) is 24.3 Å². The van der Waals surface area contributed by atoms with Gasteiger partial charge < -0.3 is 14.5 Å². The zero-order valence-corrected chi connectivity index (χ0v) is 19.3. The number of aromatic nitrogens is 2.